The second kappa shape index (κ2) is 11.5. The minimum Gasteiger partial charge on any atom is -0.497 e. The van der Waals surface area contributed by atoms with Crippen molar-refractivity contribution in [3.63, 3.8) is 0 Å². The molecule has 0 aliphatic heterocycles. The smallest absolute Gasteiger partial charge is 0.249 e. The van der Waals surface area contributed by atoms with Crippen LogP contribution in [0.15, 0.2) is 83.8 Å². The summed E-state index contributed by atoms with van der Waals surface area (Å²) in [7, 11) is -0.852. The lowest BCUT2D eigenvalue weighted by molar-refractivity contribution is -0.126. The summed E-state index contributed by atoms with van der Waals surface area (Å²) >= 11 is 0. The molecule has 0 radical (unpaired) electrons. The third-order valence-corrected chi connectivity index (χ3v) is 6.81. The van der Waals surface area contributed by atoms with E-state index in [2.05, 4.69) is 10.0 Å². The highest BCUT2D eigenvalue weighted by Crippen LogP contribution is 2.20. The second-order valence-electron chi connectivity index (χ2n) is 7.77. The molecule has 0 aromatic heterocycles. The molecule has 0 saturated carbocycles. The summed E-state index contributed by atoms with van der Waals surface area (Å²) in [5.41, 5.74) is 7.27. The van der Waals surface area contributed by atoms with E-state index in [1.807, 2.05) is 30.3 Å². The van der Waals surface area contributed by atoms with Gasteiger partial charge in [0.1, 0.15) is 16.7 Å². The Hall–Kier alpha value is -3.89. The Morgan fingerprint density at radius 2 is 1.60 bits per heavy atom. The first-order valence-corrected chi connectivity index (χ1v) is 12.3. The van der Waals surface area contributed by atoms with Crippen LogP contribution in [0.5, 0.6) is 5.75 Å². The Bertz CT molecular complexity index is 1260. The van der Waals surface area contributed by atoms with Crippen LogP contribution in [0.2, 0.25) is 0 Å². The number of carbonyl (C=O) groups is 2. The summed E-state index contributed by atoms with van der Waals surface area (Å²) in [4.78, 5) is 27.3. The number of hydrogen-bond donors (Lipinski definition) is 3. The lowest BCUT2D eigenvalue weighted by Crippen LogP contribution is -2.51. The van der Waals surface area contributed by atoms with Crippen molar-refractivity contribution in [2.45, 2.75) is 17.4 Å². The third-order valence-electron chi connectivity index (χ3n) is 5.34. The predicted octanol–water partition coefficient (Wildman–Crippen LogP) is 1.95. The molecule has 1 atom stereocenters. The molecule has 4 N–H and O–H groups in total. The summed E-state index contributed by atoms with van der Waals surface area (Å²) in [5.74, 6) is -0.363. The van der Waals surface area contributed by atoms with E-state index >= 15 is 0 Å². The van der Waals surface area contributed by atoms with Gasteiger partial charge >= 0.3 is 0 Å². The van der Waals surface area contributed by atoms with Gasteiger partial charge in [-0.05, 0) is 42.0 Å². The van der Waals surface area contributed by atoms with E-state index in [9.17, 15) is 18.0 Å². The molecule has 0 heterocycles. The Morgan fingerprint density at radius 3 is 2.23 bits per heavy atom. The second-order valence-corrected chi connectivity index (χ2v) is 9.50. The first-order valence-electron chi connectivity index (χ1n) is 10.8. The van der Waals surface area contributed by atoms with E-state index in [1.165, 1.54) is 23.1 Å². The summed E-state index contributed by atoms with van der Waals surface area (Å²) in [6.07, 6.45) is 0.226. The third kappa shape index (κ3) is 6.81. The maximum Gasteiger partial charge on any atom is 0.249 e. The van der Waals surface area contributed by atoms with Gasteiger partial charge in [-0.3, -0.25) is 9.59 Å². The molecular formula is C25H28N4O5S. The average molecular weight is 497 g/mol. The largest absolute Gasteiger partial charge is 0.497 e. The van der Waals surface area contributed by atoms with Crippen LogP contribution in [0, 0.1) is 0 Å². The maximum atomic E-state index is 13.3. The van der Waals surface area contributed by atoms with Crippen molar-refractivity contribution in [3.8, 4) is 5.75 Å². The van der Waals surface area contributed by atoms with Crippen molar-refractivity contribution < 1.29 is 22.7 Å². The van der Waals surface area contributed by atoms with Gasteiger partial charge in [0.05, 0.1) is 19.3 Å². The van der Waals surface area contributed by atoms with Crippen LogP contribution in [-0.2, 0) is 26.0 Å². The van der Waals surface area contributed by atoms with E-state index in [-0.39, 0.29) is 22.9 Å². The molecule has 0 bridgehead atoms. The lowest BCUT2D eigenvalue weighted by Gasteiger charge is -2.25. The van der Waals surface area contributed by atoms with E-state index in [1.54, 1.807) is 44.5 Å². The Morgan fingerprint density at radius 1 is 0.971 bits per heavy atom. The number of amides is 2. The Kier molecular flexibility index (Phi) is 8.45. The molecule has 35 heavy (non-hydrogen) atoms. The summed E-state index contributed by atoms with van der Waals surface area (Å²) < 4.78 is 32.5. The lowest BCUT2D eigenvalue weighted by atomic mass is 10.0. The molecule has 3 aromatic rings. The van der Waals surface area contributed by atoms with Crippen molar-refractivity contribution in [2.75, 3.05) is 31.3 Å². The number of methoxy groups -OCH3 is 1. The van der Waals surface area contributed by atoms with Gasteiger partial charge in [-0.2, -0.15) is 0 Å². The van der Waals surface area contributed by atoms with E-state index in [0.29, 0.717) is 11.4 Å². The summed E-state index contributed by atoms with van der Waals surface area (Å²) in [6, 6.07) is 21.2. The molecular weight excluding hydrogens is 468 g/mol. The number of likely N-dealkylation sites (N-methyl/N-ethyl adjacent to an activating group) is 1. The van der Waals surface area contributed by atoms with Crippen LogP contribution >= 0.6 is 0 Å². The molecule has 0 saturated heterocycles. The molecule has 10 heteroatoms. The molecule has 3 rings (SSSR count). The highest BCUT2D eigenvalue weighted by molar-refractivity contribution is 7.89. The molecule has 184 valence electrons. The van der Waals surface area contributed by atoms with Gasteiger partial charge in [0.15, 0.2) is 0 Å². The number of para-hydroxylation sites is 1. The number of nitrogens with zero attached hydrogens (tertiary/aromatic N) is 1. The first-order chi connectivity index (χ1) is 16.7. The van der Waals surface area contributed by atoms with Crippen LogP contribution in [0.25, 0.3) is 0 Å². The number of benzene rings is 3. The zero-order valence-electron chi connectivity index (χ0n) is 19.5. The number of anilines is 2. The number of ether oxygens (including phenoxy) is 1. The average Bonchev–Trinajstić information content (AvgIpc) is 2.87. The molecule has 9 nitrogen and oxygen atoms in total. The number of nitrogens with two attached hydrogens (primary N) is 1. The van der Waals surface area contributed by atoms with Crippen LogP contribution in [-0.4, -0.2) is 47.0 Å². The van der Waals surface area contributed by atoms with Crippen LogP contribution in [0.1, 0.15) is 5.56 Å². The normalized spacial score (nSPS) is 11.9. The Balaban J connectivity index is 1.74. The molecule has 0 aliphatic rings. The number of nitrogen functional groups attached to an aromatic ring is 1. The van der Waals surface area contributed by atoms with Crippen LogP contribution in [0.4, 0.5) is 11.4 Å². The minimum atomic E-state index is -4.01. The monoisotopic (exact) mass is 496 g/mol. The zero-order chi connectivity index (χ0) is 25.4. The molecule has 1 unspecified atom stereocenters. The van der Waals surface area contributed by atoms with Gasteiger partial charge in [0.25, 0.3) is 0 Å². The first kappa shape index (κ1) is 25.7. The SMILES string of the molecule is COc1ccc(N(C)C(=O)C(Cc2ccccc2)NC(=O)CNS(=O)(=O)c2ccccc2N)cc1. The van der Waals surface area contributed by atoms with Crippen LogP contribution in [0.3, 0.4) is 0 Å². The molecule has 0 aliphatic carbocycles. The molecule has 3 aromatic carbocycles. The van der Waals surface area contributed by atoms with Crippen molar-refractivity contribution in [1.29, 1.82) is 0 Å². The quantitative estimate of drug-likeness (QED) is 0.368. The van der Waals surface area contributed by atoms with Gasteiger partial charge < -0.3 is 20.7 Å². The number of nitrogens with one attached hydrogen (secondary N) is 2. The van der Waals surface area contributed by atoms with Crippen molar-refractivity contribution in [1.82, 2.24) is 10.0 Å². The zero-order valence-corrected chi connectivity index (χ0v) is 20.3. The topological polar surface area (TPSA) is 131 Å². The molecule has 2 amide bonds. The highest BCUT2D eigenvalue weighted by Gasteiger charge is 2.26. The number of carbonyl (C=O) groups excluding carboxylic acids is 2. The van der Waals surface area contributed by atoms with Gasteiger partial charge in [-0.25, -0.2) is 13.1 Å². The van der Waals surface area contributed by atoms with Crippen molar-refractivity contribution in [3.05, 3.63) is 84.4 Å². The fourth-order valence-corrected chi connectivity index (χ4v) is 4.54. The van der Waals surface area contributed by atoms with Gasteiger partial charge in [0.2, 0.25) is 21.8 Å². The minimum absolute atomic E-state index is 0.0682. The molecule has 0 spiro atoms. The molecule has 0 fully saturated rings. The van der Waals surface area contributed by atoms with E-state index < -0.39 is 28.5 Å². The fourth-order valence-electron chi connectivity index (χ4n) is 3.43. The number of sulfonamides is 1. The standard InChI is InChI=1S/C25H28N4O5S/c1-29(19-12-14-20(34-2)15-13-19)25(31)22(16-18-8-4-3-5-9-18)28-24(30)17-27-35(32,33)23-11-7-6-10-21(23)26/h3-15,22,27H,16-17,26H2,1-2H3,(H,28,30). The highest BCUT2D eigenvalue weighted by atomic mass is 32.2. The van der Waals surface area contributed by atoms with Crippen molar-refractivity contribution in [2.24, 2.45) is 0 Å². The van der Waals surface area contributed by atoms with E-state index in [4.69, 9.17) is 10.5 Å². The summed E-state index contributed by atoms with van der Waals surface area (Å²) in [6.45, 7) is -0.554. The number of hydrogen-bond acceptors (Lipinski definition) is 6. The summed E-state index contributed by atoms with van der Waals surface area (Å²) in [5, 5.41) is 2.66. The predicted molar refractivity (Wildman–Crippen MR) is 135 cm³/mol. The van der Waals surface area contributed by atoms with Gasteiger partial charge in [-0.15, -0.1) is 0 Å². The maximum absolute atomic E-state index is 13.3. The van der Waals surface area contributed by atoms with Gasteiger partial charge in [-0.1, -0.05) is 42.5 Å². The van der Waals surface area contributed by atoms with E-state index in [0.717, 1.165) is 5.56 Å². The fraction of sp³-hybridized carbons (Fsp3) is 0.200. The van der Waals surface area contributed by atoms with Gasteiger partial charge in [0, 0.05) is 19.2 Å². The number of rotatable bonds is 10. The Labute approximate surface area is 204 Å². The van der Waals surface area contributed by atoms with Crippen molar-refractivity contribution >= 4 is 33.2 Å². The van der Waals surface area contributed by atoms with Crippen LogP contribution < -0.4 is 25.4 Å².